The van der Waals surface area contributed by atoms with Gasteiger partial charge < -0.3 is 19.5 Å². The number of imidazole rings is 1. The van der Waals surface area contributed by atoms with Crippen molar-refractivity contribution in [2.45, 2.75) is 32.2 Å². The summed E-state index contributed by atoms with van der Waals surface area (Å²) in [5.74, 6) is 1.71. The molecule has 4 rings (SSSR count). The van der Waals surface area contributed by atoms with Crippen molar-refractivity contribution < 1.29 is 14.3 Å². The summed E-state index contributed by atoms with van der Waals surface area (Å²) >= 11 is 0. The number of methoxy groups -OCH3 is 1. The molecule has 0 radical (unpaired) electrons. The normalized spacial score (nSPS) is 13.9. The van der Waals surface area contributed by atoms with Crippen molar-refractivity contribution in [1.29, 1.82) is 0 Å². The molecule has 1 aliphatic rings. The van der Waals surface area contributed by atoms with Gasteiger partial charge in [-0.1, -0.05) is 6.42 Å². The third-order valence-electron chi connectivity index (χ3n) is 5.20. The molecule has 8 nitrogen and oxygen atoms in total. The Morgan fingerprint density at radius 3 is 2.50 bits per heavy atom. The molecule has 8 heteroatoms. The van der Waals surface area contributed by atoms with Crippen LogP contribution < -0.4 is 10.1 Å². The Kier molecular flexibility index (Phi) is 7.94. The van der Waals surface area contributed by atoms with Gasteiger partial charge in [0.2, 0.25) is 5.95 Å². The standard InChI is InChI=1S/C21H27N5O.CO2/c1-27-18-8-6-17(7-9-18)23-21-24-19-16-22-11-10-20(19)26(21)15-5-14-25-12-3-2-4-13-25;2-1-3/h6-11,16H,2-5,12-15H2,1H3,(H,23,24);. The highest BCUT2D eigenvalue weighted by atomic mass is 16.5. The molecule has 0 saturated carbocycles. The summed E-state index contributed by atoms with van der Waals surface area (Å²) in [5, 5.41) is 3.46. The van der Waals surface area contributed by atoms with E-state index in [1.165, 1.54) is 32.4 Å². The molecule has 3 aromatic rings. The van der Waals surface area contributed by atoms with Crippen molar-refractivity contribution in [3.05, 3.63) is 42.7 Å². The first-order valence-corrected chi connectivity index (χ1v) is 10.2. The molecule has 3 heterocycles. The molecule has 0 spiro atoms. The number of nitrogens with zero attached hydrogens (tertiary/aromatic N) is 4. The van der Waals surface area contributed by atoms with Crippen LogP contribution in [0.4, 0.5) is 11.6 Å². The largest absolute Gasteiger partial charge is 0.497 e. The molecule has 1 N–H and O–H groups in total. The number of hydrogen-bond donors (Lipinski definition) is 1. The molecule has 0 atom stereocenters. The maximum absolute atomic E-state index is 8.12. The minimum Gasteiger partial charge on any atom is -0.497 e. The molecule has 1 aromatic carbocycles. The van der Waals surface area contributed by atoms with E-state index in [-0.39, 0.29) is 6.15 Å². The highest BCUT2D eigenvalue weighted by Crippen LogP contribution is 2.24. The summed E-state index contributed by atoms with van der Waals surface area (Å²) in [4.78, 5) is 27.8. The predicted octanol–water partition coefficient (Wildman–Crippen LogP) is 3.48. The Bertz CT molecular complexity index is 959. The summed E-state index contributed by atoms with van der Waals surface area (Å²) in [6.45, 7) is 4.57. The Labute approximate surface area is 175 Å². The van der Waals surface area contributed by atoms with Crippen LogP contribution in [-0.4, -0.2) is 52.3 Å². The van der Waals surface area contributed by atoms with Crippen LogP contribution in [0.25, 0.3) is 11.0 Å². The summed E-state index contributed by atoms with van der Waals surface area (Å²) < 4.78 is 7.51. The first kappa shape index (κ1) is 21.5. The number of aromatic nitrogens is 3. The Balaban J connectivity index is 0.000000806. The first-order valence-electron chi connectivity index (χ1n) is 10.2. The molecular weight excluding hydrogens is 382 g/mol. The van der Waals surface area contributed by atoms with Gasteiger partial charge in [0.05, 0.1) is 18.8 Å². The lowest BCUT2D eigenvalue weighted by molar-refractivity contribution is -0.191. The maximum Gasteiger partial charge on any atom is 0.373 e. The van der Waals surface area contributed by atoms with Gasteiger partial charge in [-0.3, -0.25) is 4.98 Å². The lowest BCUT2D eigenvalue weighted by Crippen LogP contribution is -2.31. The molecule has 2 aromatic heterocycles. The zero-order chi connectivity index (χ0) is 21.2. The van der Waals surface area contributed by atoms with Gasteiger partial charge >= 0.3 is 6.15 Å². The van der Waals surface area contributed by atoms with Crippen molar-refractivity contribution in [2.75, 3.05) is 32.1 Å². The number of fused-ring (bicyclic) bond motifs is 1. The average molecular weight is 409 g/mol. The number of hydrogen-bond acceptors (Lipinski definition) is 7. The van der Waals surface area contributed by atoms with Crippen molar-refractivity contribution in [1.82, 2.24) is 19.4 Å². The van der Waals surface area contributed by atoms with E-state index in [0.29, 0.717) is 0 Å². The van der Waals surface area contributed by atoms with E-state index in [2.05, 4.69) is 19.8 Å². The molecule has 0 unspecified atom stereocenters. The van der Waals surface area contributed by atoms with Crippen LogP contribution in [0.15, 0.2) is 42.7 Å². The molecule has 158 valence electrons. The van der Waals surface area contributed by atoms with Crippen LogP contribution >= 0.6 is 0 Å². The van der Waals surface area contributed by atoms with E-state index >= 15 is 0 Å². The van der Waals surface area contributed by atoms with E-state index in [9.17, 15) is 0 Å². The Morgan fingerprint density at radius 1 is 1.07 bits per heavy atom. The zero-order valence-corrected chi connectivity index (χ0v) is 17.2. The van der Waals surface area contributed by atoms with Gasteiger partial charge in [-0.2, -0.15) is 9.59 Å². The third kappa shape index (κ3) is 5.65. The number of anilines is 2. The molecule has 1 fully saturated rings. The van der Waals surface area contributed by atoms with Crippen molar-refractivity contribution >= 4 is 28.8 Å². The summed E-state index contributed by atoms with van der Waals surface area (Å²) in [5.41, 5.74) is 3.04. The van der Waals surface area contributed by atoms with Gasteiger partial charge in [0.1, 0.15) is 11.3 Å². The van der Waals surface area contributed by atoms with E-state index < -0.39 is 0 Å². The van der Waals surface area contributed by atoms with Crippen LogP contribution in [0.5, 0.6) is 5.75 Å². The minimum atomic E-state index is 0.250. The summed E-state index contributed by atoms with van der Waals surface area (Å²) in [6.07, 6.45) is 9.09. The lowest BCUT2D eigenvalue weighted by atomic mass is 10.1. The second-order valence-corrected chi connectivity index (χ2v) is 7.14. The molecule has 1 aliphatic heterocycles. The van der Waals surface area contributed by atoms with E-state index in [4.69, 9.17) is 19.3 Å². The Morgan fingerprint density at radius 2 is 1.80 bits per heavy atom. The number of aryl methyl sites for hydroxylation is 1. The van der Waals surface area contributed by atoms with Gasteiger partial charge in [0.25, 0.3) is 0 Å². The van der Waals surface area contributed by atoms with Crippen LogP contribution in [-0.2, 0) is 16.1 Å². The topological polar surface area (TPSA) is 89.3 Å². The van der Waals surface area contributed by atoms with Gasteiger partial charge in [-0.05, 0) is 69.2 Å². The van der Waals surface area contributed by atoms with Gasteiger partial charge in [-0.25, -0.2) is 4.98 Å². The SMILES string of the molecule is COc1ccc(Nc2nc3cnccc3n2CCCN2CCCCC2)cc1.O=C=O. The fourth-order valence-electron chi connectivity index (χ4n) is 3.74. The third-order valence-corrected chi connectivity index (χ3v) is 5.20. The van der Waals surface area contributed by atoms with Crippen molar-refractivity contribution in [3.63, 3.8) is 0 Å². The van der Waals surface area contributed by atoms with Gasteiger partial charge in [0, 0.05) is 18.4 Å². The highest BCUT2D eigenvalue weighted by molar-refractivity contribution is 5.78. The number of pyridine rings is 1. The molecule has 0 amide bonds. The summed E-state index contributed by atoms with van der Waals surface area (Å²) in [7, 11) is 1.68. The smallest absolute Gasteiger partial charge is 0.373 e. The lowest BCUT2D eigenvalue weighted by Gasteiger charge is -2.26. The molecular formula is C22H27N5O3. The van der Waals surface area contributed by atoms with E-state index in [0.717, 1.165) is 47.9 Å². The van der Waals surface area contributed by atoms with E-state index in [1.807, 2.05) is 42.7 Å². The van der Waals surface area contributed by atoms with Crippen LogP contribution in [0.3, 0.4) is 0 Å². The van der Waals surface area contributed by atoms with Gasteiger partial charge in [-0.15, -0.1) is 0 Å². The number of nitrogens with one attached hydrogen (secondary N) is 1. The van der Waals surface area contributed by atoms with Crippen LogP contribution in [0, 0.1) is 0 Å². The molecule has 0 bridgehead atoms. The fourth-order valence-corrected chi connectivity index (χ4v) is 3.74. The minimum absolute atomic E-state index is 0.250. The van der Waals surface area contributed by atoms with E-state index in [1.54, 1.807) is 7.11 Å². The number of ether oxygens (including phenoxy) is 1. The second-order valence-electron chi connectivity index (χ2n) is 7.14. The number of likely N-dealkylation sites (tertiary alicyclic amines) is 1. The fraction of sp³-hybridized carbons (Fsp3) is 0.409. The van der Waals surface area contributed by atoms with Crippen LogP contribution in [0.2, 0.25) is 0 Å². The van der Waals surface area contributed by atoms with Gasteiger partial charge in [0.15, 0.2) is 0 Å². The highest BCUT2D eigenvalue weighted by Gasteiger charge is 2.13. The Hall–Kier alpha value is -3.22. The maximum atomic E-state index is 8.12. The molecule has 30 heavy (non-hydrogen) atoms. The number of rotatable bonds is 7. The second kappa shape index (κ2) is 11.1. The summed E-state index contributed by atoms with van der Waals surface area (Å²) in [6, 6.07) is 9.96. The number of benzene rings is 1. The van der Waals surface area contributed by atoms with Crippen LogP contribution in [0.1, 0.15) is 25.7 Å². The number of piperidine rings is 1. The monoisotopic (exact) mass is 409 g/mol. The average Bonchev–Trinajstić information content (AvgIpc) is 3.13. The predicted molar refractivity (Wildman–Crippen MR) is 114 cm³/mol. The zero-order valence-electron chi connectivity index (χ0n) is 17.2. The quantitative estimate of drug-likeness (QED) is 0.639. The first-order chi connectivity index (χ1) is 14.7. The van der Waals surface area contributed by atoms with Crippen molar-refractivity contribution in [3.8, 4) is 5.75 Å². The molecule has 0 aliphatic carbocycles. The van der Waals surface area contributed by atoms with Crippen molar-refractivity contribution in [2.24, 2.45) is 0 Å². The molecule has 1 saturated heterocycles. The number of carbonyl (C=O) groups excluding carboxylic acids is 2.